The van der Waals surface area contributed by atoms with Gasteiger partial charge in [0.25, 0.3) is 0 Å². The molecule has 0 heterocycles. The second-order valence-corrected chi connectivity index (χ2v) is 10.1. The van der Waals surface area contributed by atoms with E-state index in [-0.39, 0.29) is 0 Å². The molecule has 0 spiro atoms. The monoisotopic (exact) mass is 581 g/mol. The van der Waals surface area contributed by atoms with Crippen LogP contribution in [0, 0.1) is 0 Å². The lowest BCUT2D eigenvalue weighted by Gasteiger charge is -2.13. The highest BCUT2D eigenvalue weighted by molar-refractivity contribution is 9.10. The summed E-state index contributed by atoms with van der Waals surface area (Å²) in [5.74, 6) is 1.01. The molecule has 0 radical (unpaired) electrons. The van der Waals surface area contributed by atoms with Crippen LogP contribution < -0.4 is 0 Å². The van der Waals surface area contributed by atoms with Gasteiger partial charge in [0, 0.05) is 15.6 Å². The SMILES string of the molecule is C=C/C=C(\C=C)C(=NCc1cc(Br)cc(-c2cc3ccccc3c3ccccc23)c1)N=C(N=C)c1ccccc1. The Kier molecular flexibility index (Phi) is 8.38. The van der Waals surface area contributed by atoms with Crippen LogP contribution in [0.2, 0.25) is 0 Å². The molecule has 5 aromatic carbocycles. The van der Waals surface area contributed by atoms with Crippen molar-refractivity contribution in [1.82, 2.24) is 0 Å². The van der Waals surface area contributed by atoms with E-state index < -0.39 is 0 Å². The predicted octanol–water partition coefficient (Wildman–Crippen LogP) is 9.77. The summed E-state index contributed by atoms with van der Waals surface area (Å²) in [7, 11) is 0. The number of allylic oxidation sites excluding steroid dienone is 2. The highest BCUT2D eigenvalue weighted by Gasteiger charge is 2.11. The highest BCUT2D eigenvalue weighted by Crippen LogP contribution is 2.36. The van der Waals surface area contributed by atoms with Crippen LogP contribution in [-0.4, -0.2) is 18.4 Å². The molecule has 5 rings (SSSR count). The average molecular weight is 583 g/mol. The standard InChI is InChI=1S/C36H28BrN3/c1-4-13-26(5-2)36(40-35(38-3)27-14-7-6-8-15-27)39-24-25-20-29(22-30(37)21-25)34-23-28-16-9-10-17-31(28)32-18-11-12-19-33(32)34/h4-23H,1-3,24H2/b26-13+,39-36?,40-35?. The number of nitrogens with zero attached hydrogens (tertiary/aromatic N) is 3. The van der Waals surface area contributed by atoms with E-state index in [1.807, 2.05) is 36.4 Å². The maximum absolute atomic E-state index is 4.92. The van der Waals surface area contributed by atoms with Crippen LogP contribution in [0.15, 0.2) is 160 Å². The van der Waals surface area contributed by atoms with Crippen molar-refractivity contribution in [3.05, 3.63) is 156 Å². The molecular weight excluding hydrogens is 554 g/mol. The molecule has 5 aromatic rings. The first-order chi connectivity index (χ1) is 19.6. The zero-order valence-electron chi connectivity index (χ0n) is 22.1. The van der Waals surface area contributed by atoms with Crippen LogP contribution in [0.1, 0.15) is 11.1 Å². The van der Waals surface area contributed by atoms with Gasteiger partial charge in [-0.1, -0.05) is 126 Å². The van der Waals surface area contributed by atoms with Crippen molar-refractivity contribution < 1.29 is 0 Å². The maximum atomic E-state index is 4.92. The van der Waals surface area contributed by atoms with Crippen LogP contribution in [0.4, 0.5) is 0 Å². The van der Waals surface area contributed by atoms with Crippen molar-refractivity contribution >= 4 is 55.9 Å². The smallest absolute Gasteiger partial charge is 0.161 e. The fourth-order valence-corrected chi connectivity index (χ4v) is 5.33. The molecule has 0 aliphatic heterocycles. The van der Waals surface area contributed by atoms with Crippen molar-refractivity contribution in [2.45, 2.75) is 6.54 Å². The lowest BCUT2D eigenvalue weighted by Crippen LogP contribution is -2.05. The van der Waals surface area contributed by atoms with Gasteiger partial charge >= 0.3 is 0 Å². The number of rotatable bonds is 7. The number of benzene rings is 5. The largest absolute Gasteiger partial charge is 0.261 e. The zero-order valence-corrected chi connectivity index (χ0v) is 23.7. The summed E-state index contributed by atoms with van der Waals surface area (Å²) in [5, 5.41) is 4.91. The Labute approximate surface area is 243 Å². The van der Waals surface area contributed by atoms with Crippen molar-refractivity contribution in [3.63, 3.8) is 0 Å². The van der Waals surface area contributed by atoms with E-state index >= 15 is 0 Å². The molecule has 40 heavy (non-hydrogen) atoms. The predicted molar refractivity (Wildman–Crippen MR) is 177 cm³/mol. The molecule has 0 bridgehead atoms. The minimum Gasteiger partial charge on any atom is -0.261 e. The molecule has 0 atom stereocenters. The molecule has 0 aliphatic carbocycles. The third-order valence-corrected chi connectivity index (χ3v) is 7.07. The fourth-order valence-electron chi connectivity index (χ4n) is 4.79. The molecule has 3 nitrogen and oxygen atoms in total. The number of hydrogen-bond acceptors (Lipinski definition) is 1. The van der Waals surface area contributed by atoms with Gasteiger partial charge in [-0.05, 0) is 69.2 Å². The third-order valence-electron chi connectivity index (χ3n) is 6.62. The number of hydrogen-bond donors (Lipinski definition) is 0. The van der Waals surface area contributed by atoms with Gasteiger partial charge in [0.05, 0.1) is 6.54 Å². The highest BCUT2D eigenvalue weighted by atomic mass is 79.9. The van der Waals surface area contributed by atoms with Crippen molar-refractivity contribution in [1.29, 1.82) is 0 Å². The second-order valence-electron chi connectivity index (χ2n) is 9.20. The van der Waals surface area contributed by atoms with E-state index in [4.69, 9.17) is 9.98 Å². The van der Waals surface area contributed by atoms with Gasteiger partial charge in [-0.2, -0.15) is 0 Å². The van der Waals surface area contributed by atoms with Gasteiger partial charge in [-0.25, -0.2) is 9.98 Å². The Balaban J connectivity index is 1.60. The molecule has 0 unspecified atom stereocenters. The van der Waals surface area contributed by atoms with E-state index in [0.717, 1.165) is 26.7 Å². The summed E-state index contributed by atoms with van der Waals surface area (Å²) >= 11 is 3.74. The lowest BCUT2D eigenvalue weighted by molar-refractivity contribution is 1.06. The summed E-state index contributed by atoms with van der Waals surface area (Å²) in [6.45, 7) is 12.0. The Morgan fingerprint density at radius 1 is 0.775 bits per heavy atom. The van der Waals surface area contributed by atoms with Crippen LogP contribution in [0.25, 0.3) is 32.7 Å². The summed E-state index contributed by atoms with van der Waals surface area (Å²) in [4.78, 5) is 13.9. The van der Waals surface area contributed by atoms with Crippen LogP contribution in [0.3, 0.4) is 0 Å². The second kappa shape index (κ2) is 12.5. The Bertz CT molecular complexity index is 1830. The van der Waals surface area contributed by atoms with Gasteiger partial charge < -0.3 is 0 Å². The Morgan fingerprint density at radius 3 is 2.20 bits per heavy atom. The Morgan fingerprint density at radius 2 is 1.48 bits per heavy atom. The van der Waals surface area contributed by atoms with E-state index in [0.29, 0.717) is 18.2 Å². The molecule has 0 saturated heterocycles. The topological polar surface area (TPSA) is 37.1 Å². The minimum absolute atomic E-state index is 0.415. The van der Waals surface area contributed by atoms with Crippen molar-refractivity contribution in [2.75, 3.05) is 0 Å². The number of halogens is 1. The molecule has 0 N–H and O–H groups in total. The number of aliphatic imine (C=N–C) groups is 3. The normalized spacial score (nSPS) is 12.5. The van der Waals surface area contributed by atoms with Gasteiger partial charge in [0.15, 0.2) is 11.7 Å². The number of amidine groups is 2. The summed E-state index contributed by atoms with van der Waals surface area (Å²) < 4.78 is 0.987. The van der Waals surface area contributed by atoms with Crippen molar-refractivity contribution in [2.24, 2.45) is 15.0 Å². The van der Waals surface area contributed by atoms with Crippen LogP contribution >= 0.6 is 15.9 Å². The summed E-state index contributed by atoms with van der Waals surface area (Å²) in [6.07, 6.45) is 5.27. The van der Waals surface area contributed by atoms with Crippen LogP contribution in [0.5, 0.6) is 0 Å². The molecule has 4 heteroatoms. The zero-order chi connectivity index (χ0) is 27.9. The molecule has 0 aromatic heterocycles. The average Bonchev–Trinajstić information content (AvgIpc) is 3.00. The molecule has 0 amide bonds. The summed E-state index contributed by atoms with van der Waals surface area (Å²) in [6, 6.07) is 35.5. The third kappa shape index (κ3) is 5.83. The van der Waals surface area contributed by atoms with E-state index in [1.54, 1.807) is 12.2 Å². The van der Waals surface area contributed by atoms with Crippen LogP contribution in [-0.2, 0) is 6.54 Å². The molecular formula is C36H28BrN3. The molecule has 194 valence electrons. The van der Waals surface area contributed by atoms with E-state index in [1.165, 1.54) is 27.1 Å². The van der Waals surface area contributed by atoms with Crippen molar-refractivity contribution in [3.8, 4) is 11.1 Å². The van der Waals surface area contributed by atoms with Gasteiger partial charge in [-0.3, -0.25) is 4.99 Å². The summed E-state index contributed by atoms with van der Waals surface area (Å²) in [5.41, 5.74) is 4.96. The minimum atomic E-state index is 0.415. The first-order valence-corrected chi connectivity index (χ1v) is 13.7. The van der Waals surface area contributed by atoms with E-state index in [2.05, 4.69) is 114 Å². The van der Waals surface area contributed by atoms with Gasteiger partial charge in [-0.15, -0.1) is 0 Å². The Hall–Kier alpha value is -4.67. The fraction of sp³-hybridized carbons (Fsp3) is 0.0278. The number of fused-ring (bicyclic) bond motifs is 3. The quantitative estimate of drug-likeness (QED) is 0.0793. The molecule has 0 fully saturated rings. The van der Waals surface area contributed by atoms with E-state index in [9.17, 15) is 0 Å². The van der Waals surface area contributed by atoms with Gasteiger partial charge in [0.2, 0.25) is 0 Å². The first-order valence-electron chi connectivity index (χ1n) is 12.9. The maximum Gasteiger partial charge on any atom is 0.161 e. The molecule has 0 saturated carbocycles. The molecule has 0 aliphatic rings. The first kappa shape index (κ1) is 26.9. The lowest BCUT2D eigenvalue weighted by atomic mass is 9.92. The van der Waals surface area contributed by atoms with Gasteiger partial charge in [0.1, 0.15) is 0 Å².